The Hall–Kier alpha value is -4.62. The molecule has 0 fully saturated rings. The Labute approximate surface area is 284 Å². The first kappa shape index (κ1) is 42.4. The molecule has 276 valence electrons. The average Bonchev–Trinajstić information content (AvgIpc) is 3.56. The molecule has 0 radical (unpaired) electrons. The maximum absolute atomic E-state index is 13.3. The first-order valence-electron chi connectivity index (χ1n) is 16.1. The van der Waals surface area contributed by atoms with Gasteiger partial charge in [0.25, 0.3) is 0 Å². The Bertz CT molecular complexity index is 1240. The summed E-state index contributed by atoms with van der Waals surface area (Å²) in [6, 6.07) is -7.04. The van der Waals surface area contributed by atoms with Gasteiger partial charge in [-0.3, -0.25) is 33.6 Å². The molecule has 7 amide bonds. The molecule has 0 spiro atoms. The molecule has 0 saturated heterocycles. The van der Waals surface area contributed by atoms with Crippen LogP contribution in [0.3, 0.4) is 0 Å². The Kier molecular flexibility index (Phi) is 19.1. The van der Waals surface area contributed by atoms with Crippen molar-refractivity contribution < 1.29 is 43.8 Å². The van der Waals surface area contributed by atoms with Gasteiger partial charge >= 0.3 is 0 Å². The number of hydrogen-bond donors (Lipinski definition) is 11. The number of nitrogens with two attached hydrogens (primary N) is 2. The number of aliphatic hydroxyl groups is 2. The zero-order valence-electron chi connectivity index (χ0n) is 28.4. The highest BCUT2D eigenvalue weighted by Crippen LogP contribution is 2.07. The van der Waals surface area contributed by atoms with Gasteiger partial charge in [-0.05, 0) is 45.1 Å². The molecule has 0 aliphatic heterocycles. The van der Waals surface area contributed by atoms with Gasteiger partial charge in [0.1, 0.15) is 30.2 Å². The van der Waals surface area contributed by atoms with Crippen molar-refractivity contribution >= 4 is 41.4 Å². The van der Waals surface area contributed by atoms with Crippen LogP contribution in [0.1, 0.15) is 65.0 Å². The number of aromatic amines is 1. The molecular formula is C30H52N10O9. The molecule has 13 N–H and O–H groups in total. The molecule has 0 aliphatic carbocycles. The van der Waals surface area contributed by atoms with Gasteiger partial charge in [0.2, 0.25) is 41.4 Å². The van der Waals surface area contributed by atoms with E-state index in [2.05, 4.69) is 41.9 Å². The van der Waals surface area contributed by atoms with Crippen LogP contribution in [0.4, 0.5) is 0 Å². The third-order valence-electron chi connectivity index (χ3n) is 7.32. The number of nitrogens with zero attached hydrogens (tertiary/aromatic N) is 1. The number of nitrogens with one attached hydrogen (secondary N) is 7. The number of unbranched alkanes of at least 4 members (excludes halogenated alkanes) is 1. The fourth-order valence-corrected chi connectivity index (χ4v) is 4.52. The normalized spacial score (nSPS) is 14.7. The second-order valence-electron chi connectivity index (χ2n) is 12.0. The van der Waals surface area contributed by atoms with Crippen LogP contribution in [0, 0.1) is 5.92 Å². The molecule has 1 rings (SSSR count). The number of carbonyl (C=O) groups excluding carboxylic acids is 7. The number of hydrogen-bond acceptors (Lipinski definition) is 11. The summed E-state index contributed by atoms with van der Waals surface area (Å²) >= 11 is 0. The fraction of sp³-hybridized carbons (Fsp3) is 0.667. The number of aliphatic hydroxyl groups excluding tert-OH is 2. The highest BCUT2D eigenvalue weighted by atomic mass is 16.3. The number of rotatable bonds is 23. The Morgan fingerprint density at radius 3 is 1.96 bits per heavy atom. The molecule has 6 unspecified atom stereocenters. The average molecular weight is 697 g/mol. The molecule has 6 atom stereocenters. The van der Waals surface area contributed by atoms with Crippen molar-refractivity contribution in [3.63, 3.8) is 0 Å². The quantitative estimate of drug-likeness (QED) is 0.0489. The van der Waals surface area contributed by atoms with Crippen molar-refractivity contribution in [3.05, 3.63) is 18.2 Å². The lowest BCUT2D eigenvalue weighted by molar-refractivity contribution is -0.137. The van der Waals surface area contributed by atoms with Crippen molar-refractivity contribution in [2.24, 2.45) is 17.4 Å². The van der Waals surface area contributed by atoms with Crippen molar-refractivity contribution in [1.82, 2.24) is 41.9 Å². The van der Waals surface area contributed by atoms with E-state index >= 15 is 0 Å². The summed E-state index contributed by atoms with van der Waals surface area (Å²) in [6.45, 7) is 4.46. The number of primary amides is 1. The van der Waals surface area contributed by atoms with Gasteiger partial charge in [-0.1, -0.05) is 13.8 Å². The van der Waals surface area contributed by atoms with Crippen LogP contribution in [0.5, 0.6) is 0 Å². The maximum atomic E-state index is 13.3. The molecular weight excluding hydrogens is 644 g/mol. The number of aromatic nitrogens is 2. The molecule has 19 heteroatoms. The second kappa shape index (κ2) is 22.1. The van der Waals surface area contributed by atoms with Gasteiger partial charge in [-0.2, -0.15) is 0 Å². The minimum Gasteiger partial charge on any atom is -0.394 e. The van der Waals surface area contributed by atoms with Crippen LogP contribution >= 0.6 is 0 Å². The van der Waals surface area contributed by atoms with E-state index in [0.717, 1.165) is 0 Å². The molecule has 1 aromatic heterocycles. The van der Waals surface area contributed by atoms with Crippen LogP contribution < -0.4 is 43.4 Å². The third-order valence-corrected chi connectivity index (χ3v) is 7.32. The van der Waals surface area contributed by atoms with E-state index in [0.29, 0.717) is 25.0 Å². The molecule has 1 aromatic rings. The van der Waals surface area contributed by atoms with Crippen LogP contribution in [-0.2, 0) is 40.0 Å². The topological polar surface area (TPSA) is 313 Å². The smallest absolute Gasteiger partial charge is 0.245 e. The van der Waals surface area contributed by atoms with Gasteiger partial charge in [-0.15, -0.1) is 0 Å². The van der Waals surface area contributed by atoms with E-state index in [1.807, 2.05) is 13.8 Å². The zero-order chi connectivity index (χ0) is 37.1. The van der Waals surface area contributed by atoms with Crippen molar-refractivity contribution in [2.75, 3.05) is 20.2 Å². The standard InChI is InChI=1S/C30H52N10O9/c1-16(2)8-9-24(44)36-20(11-18-13-34-15-35-18)28(47)39-22(14-41)29(48)40-25(17(3)42)30(49)37-19(7-5-6-10-31)27(46)38-21(12-23(32)43)26(45)33-4/h13,15-17,19-22,25,41-42H,5-12,14,31H2,1-4H3,(H2,32,43)(H,33,45)(H,34,35)(H,36,44)(H,37,49)(H,38,46)(H,39,47)(H,40,48). The lowest BCUT2D eigenvalue weighted by atomic mass is 10.0. The minimum atomic E-state index is -1.67. The highest BCUT2D eigenvalue weighted by Gasteiger charge is 2.34. The Balaban J connectivity index is 3.10. The lowest BCUT2D eigenvalue weighted by Gasteiger charge is -2.27. The molecule has 1 heterocycles. The van der Waals surface area contributed by atoms with Gasteiger partial charge in [-0.25, -0.2) is 4.98 Å². The SMILES string of the molecule is CNC(=O)C(CC(N)=O)NC(=O)C(CCCCN)NC(=O)C(NC(=O)C(CO)NC(=O)C(Cc1cnc[nH]1)NC(=O)CCC(C)C)C(C)O. The van der Waals surface area contributed by atoms with E-state index in [1.165, 1.54) is 26.5 Å². The Morgan fingerprint density at radius 1 is 0.816 bits per heavy atom. The van der Waals surface area contributed by atoms with Gasteiger partial charge in [0.05, 0.1) is 25.5 Å². The van der Waals surface area contributed by atoms with E-state index < -0.39 is 90.7 Å². The molecule has 19 nitrogen and oxygen atoms in total. The van der Waals surface area contributed by atoms with Crippen molar-refractivity contribution in [1.29, 1.82) is 0 Å². The first-order valence-corrected chi connectivity index (χ1v) is 16.1. The van der Waals surface area contributed by atoms with Gasteiger partial charge in [0.15, 0.2) is 0 Å². The molecule has 49 heavy (non-hydrogen) atoms. The van der Waals surface area contributed by atoms with E-state index in [1.54, 1.807) is 0 Å². The predicted molar refractivity (Wildman–Crippen MR) is 176 cm³/mol. The largest absolute Gasteiger partial charge is 0.394 e. The summed E-state index contributed by atoms with van der Waals surface area (Å²) in [5.41, 5.74) is 11.3. The third kappa shape index (κ3) is 15.9. The predicted octanol–water partition coefficient (Wildman–Crippen LogP) is -4.06. The number of amides is 7. The van der Waals surface area contributed by atoms with Crippen LogP contribution in [-0.4, -0.2) is 118 Å². The number of likely N-dealkylation sites (N-methyl/N-ethyl adjacent to an activating group) is 1. The minimum absolute atomic E-state index is 0.00839. The fourth-order valence-electron chi connectivity index (χ4n) is 4.52. The van der Waals surface area contributed by atoms with E-state index in [-0.39, 0.29) is 31.7 Å². The van der Waals surface area contributed by atoms with Crippen LogP contribution in [0.2, 0.25) is 0 Å². The monoisotopic (exact) mass is 696 g/mol. The maximum Gasteiger partial charge on any atom is 0.245 e. The molecule has 0 aromatic carbocycles. The van der Waals surface area contributed by atoms with Crippen LogP contribution in [0.15, 0.2) is 12.5 Å². The number of carbonyl (C=O) groups is 7. The summed E-state index contributed by atoms with van der Waals surface area (Å²) in [6.07, 6.45) is 2.43. The highest BCUT2D eigenvalue weighted by molar-refractivity contribution is 5.97. The van der Waals surface area contributed by atoms with Crippen molar-refractivity contribution in [3.8, 4) is 0 Å². The number of H-pyrrole nitrogens is 1. The molecule has 0 aliphatic rings. The zero-order valence-corrected chi connectivity index (χ0v) is 28.4. The van der Waals surface area contributed by atoms with Gasteiger partial charge in [0, 0.05) is 31.8 Å². The lowest BCUT2D eigenvalue weighted by Crippen LogP contribution is -2.62. The summed E-state index contributed by atoms with van der Waals surface area (Å²) in [5, 5.41) is 34.8. The summed E-state index contributed by atoms with van der Waals surface area (Å²) < 4.78 is 0. The molecule has 0 bridgehead atoms. The Morgan fingerprint density at radius 2 is 1.43 bits per heavy atom. The van der Waals surface area contributed by atoms with E-state index in [4.69, 9.17) is 11.5 Å². The summed E-state index contributed by atoms with van der Waals surface area (Å²) in [4.78, 5) is 95.9. The van der Waals surface area contributed by atoms with Crippen molar-refractivity contribution in [2.45, 2.75) is 102 Å². The summed E-state index contributed by atoms with van der Waals surface area (Å²) in [7, 11) is 1.30. The van der Waals surface area contributed by atoms with Crippen LogP contribution in [0.25, 0.3) is 0 Å². The first-order chi connectivity index (χ1) is 23.1. The number of imidazole rings is 1. The molecule has 0 saturated carbocycles. The van der Waals surface area contributed by atoms with E-state index in [9.17, 15) is 43.8 Å². The second-order valence-corrected chi connectivity index (χ2v) is 12.0. The summed E-state index contributed by atoms with van der Waals surface area (Å²) in [5.74, 6) is -5.41. The van der Waals surface area contributed by atoms with Gasteiger partial charge < -0.3 is 58.6 Å².